The first-order valence-corrected chi connectivity index (χ1v) is 9.17. The maximum absolute atomic E-state index is 12.9. The van der Waals surface area contributed by atoms with Gasteiger partial charge in [0.15, 0.2) is 0 Å². The Morgan fingerprint density at radius 1 is 1.24 bits per heavy atom. The molecule has 2 aliphatic rings. The number of carbonyl (C=O) groups is 2. The average molecular weight is 347 g/mol. The van der Waals surface area contributed by atoms with E-state index < -0.39 is 0 Å². The van der Waals surface area contributed by atoms with Crippen molar-refractivity contribution in [3.8, 4) is 0 Å². The zero-order valence-corrected chi connectivity index (χ0v) is 15.4. The highest BCUT2D eigenvalue weighted by molar-refractivity contribution is 5.77. The molecule has 7 nitrogen and oxygen atoms in total. The summed E-state index contributed by atoms with van der Waals surface area (Å²) in [5.74, 6) is 0.243. The smallest absolute Gasteiger partial charge is 0.224 e. The third-order valence-electron chi connectivity index (χ3n) is 5.40. The lowest BCUT2D eigenvalue weighted by Gasteiger charge is -2.28. The van der Waals surface area contributed by atoms with Crippen LogP contribution in [0.1, 0.15) is 44.6 Å². The topological polar surface area (TPSA) is 70.5 Å². The van der Waals surface area contributed by atoms with E-state index in [4.69, 9.17) is 0 Å². The Morgan fingerprint density at radius 2 is 1.96 bits per heavy atom. The molecule has 1 aromatic heterocycles. The van der Waals surface area contributed by atoms with E-state index in [0.717, 1.165) is 31.2 Å². The summed E-state index contributed by atoms with van der Waals surface area (Å²) in [5.41, 5.74) is 1.09. The Hall–Kier alpha value is -1.89. The molecule has 1 aliphatic carbocycles. The van der Waals surface area contributed by atoms with Crippen LogP contribution in [0.3, 0.4) is 0 Å². The normalized spacial score (nSPS) is 23.6. The van der Waals surface area contributed by atoms with Gasteiger partial charge in [-0.2, -0.15) is 5.10 Å². The molecule has 2 heterocycles. The van der Waals surface area contributed by atoms with E-state index in [1.54, 1.807) is 11.6 Å². The van der Waals surface area contributed by atoms with Crippen LogP contribution >= 0.6 is 0 Å². The molecule has 138 valence electrons. The van der Waals surface area contributed by atoms with Crippen molar-refractivity contribution in [2.24, 2.45) is 7.05 Å². The molecule has 2 atom stereocenters. The van der Waals surface area contributed by atoms with Gasteiger partial charge in [0.1, 0.15) is 0 Å². The lowest BCUT2D eigenvalue weighted by Crippen LogP contribution is -2.43. The second-order valence-corrected chi connectivity index (χ2v) is 7.47. The first-order valence-electron chi connectivity index (χ1n) is 9.17. The third kappa shape index (κ3) is 4.60. The standard InChI is InChI=1S/C18H29N5O2/c1-13(24)19-10-17-7-6-16(22(17)3)8-18(25)23(15-4-5-15)12-14-9-20-21(2)11-14/h9,11,15-17H,4-8,10,12H2,1-3H3,(H,19,24)/t16-,17+/m0/s1. The van der Waals surface area contributed by atoms with E-state index in [1.165, 1.54) is 0 Å². The highest BCUT2D eigenvalue weighted by atomic mass is 16.2. The van der Waals surface area contributed by atoms with Gasteiger partial charge in [0, 0.05) is 63.4 Å². The molecule has 0 unspecified atom stereocenters. The van der Waals surface area contributed by atoms with Crippen LogP contribution in [0, 0.1) is 0 Å². The summed E-state index contributed by atoms with van der Waals surface area (Å²) < 4.78 is 1.78. The van der Waals surface area contributed by atoms with Gasteiger partial charge in [-0.3, -0.25) is 19.2 Å². The van der Waals surface area contributed by atoms with Crippen LogP contribution in [0.15, 0.2) is 12.4 Å². The van der Waals surface area contributed by atoms with E-state index in [0.29, 0.717) is 31.6 Å². The fraction of sp³-hybridized carbons (Fsp3) is 0.722. The van der Waals surface area contributed by atoms with Gasteiger partial charge in [0.05, 0.1) is 6.20 Å². The van der Waals surface area contributed by atoms with Gasteiger partial charge >= 0.3 is 0 Å². The second-order valence-electron chi connectivity index (χ2n) is 7.47. The Balaban J connectivity index is 1.55. The molecule has 0 bridgehead atoms. The number of carbonyl (C=O) groups excluding carboxylic acids is 2. The Kier molecular flexibility index (Phi) is 5.42. The van der Waals surface area contributed by atoms with Crippen molar-refractivity contribution in [3.63, 3.8) is 0 Å². The molecular weight excluding hydrogens is 318 g/mol. The molecule has 1 aliphatic heterocycles. The monoisotopic (exact) mass is 347 g/mol. The van der Waals surface area contributed by atoms with E-state index >= 15 is 0 Å². The largest absolute Gasteiger partial charge is 0.355 e. The zero-order chi connectivity index (χ0) is 18.0. The summed E-state index contributed by atoms with van der Waals surface area (Å²) >= 11 is 0. The van der Waals surface area contributed by atoms with Crippen LogP contribution in [-0.4, -0.2) is 63.1 Å². The molecule has 0 radical (unpaired) electrons. The Labute approximate surface area is 149 Å². The number of hydrogen-bond donors (Lipinski definition) is 1. The predicted molar refractivity (Wildman–Crippen MR) is 94.7 cm³/mol. The summed E-state index contributed by atoms with van der Waals surface area (Å²) in [6, 6.07) is 0.991. The van der Waals surface area contributed by atoms with Crippen molar-refractivity contribution in [1.82, 2.24) is 24.9 Å². The first-order chi connectivity index (χ1) is 11.9. The molecule has 2 amide bonds. The summed E-state index contributed by atoms with van der Waals surface area (Å²) in [7, 11) is 3.97. The molecule has 7 heteroatoms. The minimum atomic E-state index is 0.00399. The van der Waals surface area contributed by atoms with Crippen LogP contribution in [0.25, 0.3) is 0 Å². The van der Waals surface area contributed by atoms with E-state index in [2.05, 4.69) is 22.4 Å². The highest BCUT2D eigenvalue weighted by Crippen LogP contribution is 2.31. The molecule has 25 heavy (non-hydrogen) atoms. The number of likely N-dealkylation sites (tertiary alicyclic amines) is 1. The lowest BCUT2D eigenvalue weighted by atomic mass is 10.1. The maximum Gasteiger partial charge on any atom is 0.224 e. The number of likely N-dealkylation sites (N-methyl/N-ethyl adjacent to an activating group) is 1. The van der Waals surface area contributed by atoms with Gasteiger partial charge in [0.2, 0.25) is 11.8 Å². The minimum absolute atomic E-state index is 0.00399. The van der Waals surface area contributed by atoms with Crippen molar-refractivity contribution in [1.29, 1.82) is 0 Å². The quantitative estimate of drug-likeness (QED) is 0.796. The molecule has 1 saturated carbocycles. The van der Waals surface area contributed by atoms with E-state index in [-0.39, 0.29) is 17.9 Å². The Morgan fingerprint density at radius 3 is 2.56 bits per heavy atom. The number of nitrogens with zero attached hydrogens (tertiary/aromatic N) is 4. The van der Waals surface area contributed by atoms with Crippen molar-refractivity contribution < 1.29 is 9.59 Å². The summed E-state index contributed by atoms with van der Waals surface area (Å²) in [5, 5.41) is 7.10. The van der Waals surface area contributed by atoms with Crippen molar-refractivity contribution in [2.75, 3.05) is 13.6 Å². The van der Waals surface area contributed by atoms with Gasteiger partial charge in [-0.05, 0) is 32.7 Å². The predicted octanol–water partition coefficient (Wildman–Crippen LogP) is 0.900. The molecule has 0 spiro atoms. The number of nitrogens with one attached hydrogen (secondary N) is 1. The van der Waals surface area contributed by atoms with E-state index in [1.807, 2.05) is 24.3 Å². The maximum atomic E-state index is 12.9. The van der Waals surface area contributed by atoms with Crippen LogP contribution in [0.4, 0.5) is 0 Å². The van der Waals surface area contributed by atoms with Gasteiger partial charge in [-0.1, -0.05) is 0 Å². The van der Waals surface area contributed by atoms with Crippen LogP contribution < -0.4 is 5.32 Å². The molecule has 2 fully saturated rings. The zero-order valence-electron chi connectivity index (χ0n) is 15.4. The summed E-state index contributed by atoms with van der Waals surface area (Å²) in [6.45, 7) is 2.86. The molecule has 0 aromatic carbocycles. The fourth-order valence-electron chi connectivity index (χ4n) is 3.72. The highest BCUT2D eigenvalue weighted by Gasteiger charge is 2.37. The molecule has 3 rings (SSSR count). The number of rotatable bonds is 7. The summed E-state index contributed by atoms with van der Waals surface area (Å²) in [4.78, 5) is 28.3. The van der Waals surface area contributed by atoms with E-state index in [9.17, 15) is 9.59 Å². The molecule has 1 N–H and O–H groups in total. The molecule has 1 saturated heterocycles. The lowest BCUT2D eigenvalue weighted by molar-refractivity contribution is -0.133. The number of amides is 2. The third-order valence-corrected chi connectivity index (χ3v) is 5.40. The van der Waals surface area contributed by atoms with Crippen LogP contribution in [-0.2, 0) is 23.2 Å². The van der Waals surface area contributed by atoms with Crippen molar-refractivity contribution >= 4 is 11.8 Å². The number of aryl methyl sites for hydroxylation is 1. The van der Waals surface area contributed by atoms with Gasteiger partial charge < -0.3 is 10.2 Å². The van der Waals surface area contributed by atoms with Crippen molar-refractivity contribution in [3.05, 3.63) is 18.0 Å². The summed E-state index contributed by atoms with van der Waals surface area (Å²) in [6.07, 6.45) is 8.64. The number of aromatic nitrogens is 2. The fourth-order valence-corrected chi connectivity index (χ4v) is 3.72. The van der Waals surface area contributed by atoms with Crippen LogP contribution in [0.2, 0.25) is 0 Å². The SMILES string of the molecule is CC(=O)NC[C@H]1CC[C@@H](CC(=O)N(Cc2cnn(C)c2)C2CC2)N1C. The minimum Gasteiger partial charge on any atom is -0.355 e. The van der Waals surface area contributed by atoms with Crippen molar-refractivity contribution in [2.45, 2.75) is 63.7 Å². The van der Waals surface area contributed by atoms with Gasteiger partial charge in [-0.25, -0.2) is 0 Å². The van der Waals surface area contributed by atoms with Crippen LogP contribution in [0.5, 0.6) is 0 Å². The Bertz CT molecular complexity index is 625. The van der Waals surface area contributed by atoms with Gasteiger partial charge in [0.25, 0.3) is 0 Å². The first kappa shape index (κ1) is 17.9. The molecular formula is C18H29N5O2. The average Bonchev–Trinajstić information content (AvgIpc) is 3.23. The molecule has 1 aromatic rings. The number of hydrogen-bond acceptors (Lipinski definition) is 4. The second kappa shape index (κ2) is 7.56. The van der Waals surface area contributed by atoms with Gasteiger partial charge in [-0.15, -0.1) is 0 Å².